The standard InChI is InChI=1S/C22H26FN5O4S/c1-3-4-10-19-26-21(29)20(22(30)28(19)15(2)16-8-6-5-7-9-16)27-33(31,32)12-11-18-24-13-17(23)14-25-18/h5-9,13-15,27,29H,3-4,10-12H2,1-2H3. The highest BCUT2D eigenvalue weighted by molar-refractivity contribution is 7.92. The van der Waals surface area contributed by atoms with Crippen molar-refractivity contribution in [1.29, 1.82) is 0 Å². The van der Waals surface area contributed by atoms with Gasteiger partial charge in [-0.1, -0.05) is 43.7 Å². The number of benzene rings is 1. The van der Waals surface area contributed by atoms with Gasteiger partial charge < -0.3 is 5.11 Å². The van der Waals surface area contributed by atoms with Crippen LogP contribution in [0.2, 0.25) is 0 Å². The Labute approximate surface area is 191 Å². The van der Waals surface area contributed by atoms with E-state index in [1.54, 1.807) is 0 Å². The molecule has 9 nitrogen and oxygen atoms in total. The molecule has 11 heteroatoms. The smallest absolute Gasteiger partial charge is 0.282 e. The highest BCUT2D eigenvalue weighted by atomic mass is 32.2. The largest absolute Gasteiger partial charge is 0.492 e. The van der Waals surface area contributed by atoms with Crippen LogP contribution in [0.25, 0.3) is 0 Å². The van der Waals surface area contributed by atoms with Crippen LogP contribution in [-0.2, 0) is 22.9 Å². The van der Waals surface area contributed by atoms with Crippen LogP contribution in [0.5, 0.6) is 5.88 Å². The molecule has 0 bridgehead atoms. The summed E-state index contributed by atoms with van der Waals surface area (Å²) in [6, 6.07) is 8.83. The Morgan fingerprint density at radius 3 is 2.45 bits per heavy atom. The number of rotatable bonds is 10. The summed E-state index contributed by atoms with van der Waals surface area (Å²) < 4.78 is 41.8. The van der Waals surface area contributed by atoms with Gasteiger partial charge in [0.05, 0.1) is 24.2 Å². The fourth-order valence-corrected chi connectivity index (χ4v) is 4.39. The third-order valence-corrected chi connectivity index (χ3v) is 6.37. The van der Waals surface area contributed by atoms with E-state index in [1.807, 2.05) is 44.2 Å². The normalized spacial score (nSPS) is 12.5. The number of sulfonamides is 1. The Balaban J connectivity index is 1.94. The summed E-state index contributed by atoms with van der Waals surface area (Å²) in [5.74, 6) is -1.27. The average molecular weight is 476 g/mol. The Hall–Kier alpha value is -3.34. The summed E-state index contributed by atoms with van der Waals surface area (Å²) in [6.45, 7) is 3.81. The first-order valence-electron chi connectivity index (χ1n) is 10.6. The topological polar surface area (TPSA) is 127 Å². The quantitative estimate of drug-likeness (QED) is 0.462. The molecule has 0 aliphatic rings. The molecule has 0 fully saturated rings. The van der Waals surface area contributed by atoms with E-state index < -0.39 is 44.8 Å². The summed E-state index contributed by atoms with van der Waals surface area (Å²) in [5.41, 5.74) is -0.364. The van der Waals surface area contributed by atoms with E-state index in [9.17, 15) is 22.7 Å². The van der Waals surface area contributed by atoms with Crippen molar-refractivity contribution in [2.75, 3.05) is 10.5 Å². The van der Waals surface area contributed by atoms with Gasteiger partial charge in [0.2, 0.25) is 15.9 Å². The zero-order valence-corrected chi connectivity index (χ0v) is 19.2. The van der Waals surface area contributed by atoms with Crippen LogP contribution in [-0.4, -0.2) is 38.8 Å². The SMILES string of the molecule is CCCCc1nc(O)c(NS(=O)(=O)CCc2ncc(F)cn2)c(=O)n1C(C)c1ccccc1. The Kier molecular flexibility index (Phi) is 7.75. The molecule has 0 aliphatic carbocycles. The minimum atomic E-state index is -4.06. The van der Waals surface area contributed by atoms with Gasteiger partial charge in [-0.15, -0.1) is 0 Å². The zero-order chi connectivity index (χ0) is 24.0. The number of hydrogen-bond acceptors (Lipinski definition) is 7. The first kappa shape index (κ1) is 24.3. The lowest BCUT2D eigenvalue weighted by Gasteiger charge is -2.21. The van der Waals surface area contributed by atoms with Gasteiger partial charge in [-0.25, -0.2) is 22.8 Å². The third kappa shape index (κ3) is 6.13. The highest BCUT2D eigenvalue weighted by Crippen LogP contribution is 2.24. The molecule has 3 aromatic rings. The van der Waals surface area contributed by atoms with Crippen LogP contribution in [0.15, 0.2) is 47.5 Å². The maximum Gasteiger partial charge on any atom is 0.282 e. The maximum absolute atomic E-state index is 13.3. The van der Waals surface area contributed by atoms with Gasteiger partial charge in [-0.3, -0.25) is 14.1 Å². The van der Waals surface area contributed by atoms with Gasteiger partial charge >= 0.3 is 0 Å². The van der Waals surface area contributed by atoms with Crippen LogP contribution in [0.3, 0.4) is 0 Å². The molecule has 3 rings (SSSR count). The molecule has 2 aromatic heterocycles. The molecular weight excluding hydrogens is 449 g/mol. The minimum absolute atomic E-state index is 0.104. The van der Waals surface area contributed by atoms with E-state index in [2.05, 4.69) is 19.7 Å². The summed E-state index contributed by atoms with van der Waals surface area (Å²) in [7, 11) is -4.06. The number of anilines is 1. The first-order chi connectivity index (χ1) is 15.7. The third-order valence-electron chi connectivity index (χ3n) is 5.12. The molecule has 1 unspecified atom stereocenters. The van der Waals surface area contributed by atoms with Crippen molar-refractivity contribution < 1.29 is 17.9 Å². The Bertz CT molecular complexity index is 1250. The van der Waals surface area contributed by atoms with Gasteiger partial charge in [-0.05, 0) is 18.9 Å². The van der Waals surface area contributed by atoms with Crippen LogP contribution in [0.1, 0.15) is 49.9 Å². The van der Waals surface area contributed by atoms with E-state index in [4.69, 9.17) is 0 Å². The number of hydrogen-bond donors (Lipinski definition) is 2. The fraction of sp³-hybridized carbons (Fsp3) is 0.364. The van der Waals surface area contributed by atoms with Gasteiger partial charge in [0.1, 0.15) is 11.6 Å². The number of halogens is 1. The molecule has 2 N–H and O–H groups in total. The number of aromatic nitrogens is 4. The molecular formula is C22H26FN5O4S. The lowest BCUT2D eigenvalue weighted by molar-refractivity contribution is 0.437. The molecule has 33 heavy (non-hydrogen) atoms. The predicted molar refractivity (Wildman–Crippen MR) is 122 cm³/mol. The average Bonchev–Trinajstić information content (AvgIpc) is 2.80. The molecule has 1 aromatic carbocycles. The first-order valence-corrected chi connectivity index (χ1v) is 12.2. The summed E-state index contributed by atoms with van der Waals surface area (Å²) >= 11 is 0. The van der Waals surface area contributed by atoms with E-state index >= 15 is 0 Å². The second-order valence-corrected chi connectivity index (χ2v) is 9.42. The van der Waals surface area contributed by atoms with Crippen LogP contribution < -0.4 is 10.3 Å². The number of aryl methyl sites for hydroxylation is 2. The van der Waals surface area contributed by atoms with Crippen molar-refractivity contribution >= 4 is 15.7 Å². The maximum atomic E-state index is 13.3. The van der Waals surface area contributed by atoms with Crippen LogP contribution in [0.4, 0.5) is 10.1 Å². The number of unbranched alkanes of at least 4 members (excludes halogenated alkanes) is 1. The van der Waals surface area contributed by atoms with E-state index in [1.165, 1.54) is 4.57 Å². The molecule has 0 saturated carbocycles. The molecule has 0 radical (unpaired) electrons. The van der Waals surface area contributed by atoms with Crippen molar-refractivity contribution in [2.24, 2.45) is 0 Å². The zero-order valence-electron chi connectivity index (χ0n) is 18.4. The lowest BCUT2D eigenvalue weighted by Crippen LogP contribution is -2.32. The van der Waals surface area contributed by atoms with Crippen molar-refractivity contribution in [3.8, 4) is 5.88 Å². The Morgan fingerprint density at radius 2 is 1.82 bits per heavy atom. The van der Waals surface area contributed by atoms with Crippen LogP contribution >= 0.6 is 0 Å². The number of nitrogens with one attached hydrogen (secondary N) is 1. The minimum Gasteiger partial charge on any atom is -0.492 e. The summed E-state index contributed by atoms with van der Waals surface area (Å²) in [6.07, 6.45) is 3.83. The van der Waals surface area contributed by atoms with E-state index in [0.29, 0.717) is 12.2 Å². The molecule has 0 spiro atoms. The molecule has 0 aliphatic heterocycles. The molecule has 0 amide bonds. The van der Waals surface area contributed by atoms with Gasteiger partial charge in [-0.2, -0.15) is 4.98 Å². The van der Waals surface area contributed by atoms with Crippen molar-refractivity contribution in [3.05, 3.63) is 76.1 Å². The summed E-state index contributed by atoms with van der Waals surface area (Å²) in [5, 5.41) is 10.4. The Morgan fingerprint density at radius 1 is 1.15 bits per heavy atom. The van der Waals surface area contributed by atoms with Crippen molar-refractivity contribution in [2.45, 2.75) is 45.6 Å². The van der Waals surface area contributed by atoms with Crippen molar-refractivity contribution in [1.82, 2.24) is 19.5 Å². The van der Waals surface area contributed by atoms with Crippen LogP contribution in [0, 0.1) is 5.82 Å². The van der Waals surface area contributed by atoms with Gasteiger partial charge in [0, 0.05) is 12.8 Å². The van der Waals surface area contributed by atoms with E-state index in [-0.39, 0.29) is 12.2 Å². The van der Waals surface area contributed by atoms with Gasteiger partial charge in [0.25, 0.3) is 5.56 Å². The molecule has 1 atom stereocenters. The monoisotopic (exact) mass is 475 g/mol. The van der Waals surface area contributed by atoms with E-state index in [0.717, 1.165) is 30.8 Å². The predicted octanol–water partition coefficient (Wildman–Crippen LogP) is 2.81. The highest BCUT2D eigenvalue weighted by Gasteiger charge is 2.24. The van der Waals surface area contributed by atoms with Gasteiger partial charge in [0.15, 0.2) is 11.5 Å². The second kappa shape index (κ2) is 10.5. The number of aromatic hydroxyl groups is 1. The molecule has 0 saturated heterocycles. The van der Waals surface area contributed by atoms with Crippen molar-refractivity contribution in [3.63, 3.8) is 0 Å². The molecule has 2 heterocycles. The lowest BCUT2D eigenvalue weighted by atomic mass is 10.1. The second-order valence-electron chi connectivity index (χ2n) is 7.58. The molecule has 176 valence electrons. The fourth-order valence-electron chi connectivity index (χ4n) is 3.35. The number of nitrogens with zero attached hydrogens (tertiary/aromatic N) is 4. The summed E-state index contributed by atoms with van der Waals surface area (Å²) in [4.78, 5) is 25.0.